The van der Waals surface area contributed by atoms with Crippen LogP contribution in [-0.2, 0) is 6.42 Å². The predicted molar refractivity (Wildman–Crippen MR) is 89.4 cm³/mol. The molecule has 5 heteroatoms. The zero-order valence-corrected chi connectivity index (χ0v) is 14.8. The van der Waals surface area contributed by atoms with Crippen molar-refractivity contribution in [3.05, 3.63) is 54.1 Å². The van der Waals surface area contributed by atoms with Crippen molar-refractivity contribution in [1.29, 1.82) is 0 Å². The van der Waals surface area contributed by atoms with Gasteiger partial charge in [-0.2, -0.15) is 0 Å². The molecular formula is C14H16Br2N2S. The number of benzene rings is 1. The Morgan fingerprint density at radius 3 is 2.47 bits per heavy atom. The van der Waals surface area contributed by atoms with E-state index in [2.05, 4.69) is 75.4 Å². The van der Waals surface area contributed by atoms with Gasteiger partial charge in [0.15, 0.2) is 0 Å². The van der Waals surface area contributed by atoms with Crippen LogP contribution in [0.25, 0.3) is 0 Å². The van der Waals surface area contributed by atoms with E-state index in [1.54, 1.807) is 11.3 Å². The lowest BCUT2D eigenvalue weighted by Gasteiger charge is -2.15. The zero-order valence-electron chi connectivity index (χ0n) is 10.8. The standard InChI is InChI=1S/C14H16Br2N2S/c1-8-3-4-10(5-9(8)2)6-12(18-17)13-7-11(15)14(16)19-13/h3-5,7,12,18H,6,17H2,1-2H3. The zero-order chi connectivity index (χ0) is 14.0. The van der Waals surface area contributed by atoms with E-state index in [4.69, 9.17) is 5.84 Å². The minimum absolute atomic E-state index is 0.134. The molecule has 0 spiro atoms. The summed E-state index contributed by atoms with van der Waals surface area (Å²) in [5.41, 5.74) is 6.85. The van der Waals surface area contributed by atoms with Gasteiger partial charge in [-0.05, 0) is 74.9 Å². The SMILES string of the molecule is Cc1ccc(CC(NN)c2cc(Br)c(Br)s2)cc1C. The van der Waals surface area contributed by atoms with Gasteiger partial charge < -0.3 is 0 Å². The van der Waals surface area contributed by atoms with E-state index >= 15 is 0 Å². The number of hydrazine groups is 1. The maximum absolute atomic E-state index is 5.71. The van der Waals surface area contributed by atoms with E-state index in [1.165, 1.54) is 21.6 Å². The summed E-state index contributed by atoms with van der Waals surface area (Å²) >= 11 is 8.74. The Morgan fingerprint density at radius 2 is 1.95 bits per heavy atom. The topological polar surface area (TPSA) is 38.0 Å². The van der Waals surface area contributed by atoms with Crippen molar-refractivity contribution in [2.75, 3.05) is 0 Å². The number of halogens is 2. The Labute approximate surface area is 134 Å². The molecular weight excluding hydrogens is 388 g/mol. The van der Waals surface area contributed by atoms with Crippen LogP contribution >= 0.6 is 43.2 Å². The van der Waals surface area contributed by atoms with Gasteiger partial charge in [0.1, 0.15) is 0 Å². The monoisotopic (exact) mass is 402 g/mol. The lowest BCUT2D eigenvalue weighted by Crippen LogP contribution is -2.29. The number of hydrogen-bond donors (Lipinski definition) is 2. The number of nitrogens with two attached hydrogens (primary N) is 1. The highest BCUT2D eigenvalue weighted by molar-refractivity contribution is 9.13. The van der Waals surface area contributed by atoms with Gasteiger partial charge in [-0.25, -0.2) is 0 Å². The maximum Gasteiger partial charge on any atom is 0.0843 e. The predicted octanol–water partition coefficient (Wildman–Crippen LogP) is 4.64. The summed E-state index contributed by atoms with van der Waals surface area (Å²) in [5, 5.41) is 0. The van der Waals surface area contributed by atoms with E-state index in [0.717, 1.165) is 14.7 Å². The van der Waals surface area contributed by atoms with Crippen LogP contribution < -0.4 is 11.3 Å². The molecule has 102 valence electrons. The van der Waals surface area contributed by atoms with Crippen molar-refractivity contribution in [2.24, 2.45) is 5.84 Å². The largest absolute Gasteiger partial charge is 0.271 e. The highest BCUT2D eigenvalue weighted by Gasteiger charge is 2.15. The van der Waals surface area contributed by atoms with Crippen molar-refractivity contribution >= 4 is 43.2 Å². The van der Waals surface area contributed by atoms with E-state index in [9.17, 15) is 0 Å². The first kappa shape index (κ1) is 15.2. The first-order valence-corrected chi connectivity index (χ1v) is 8.38. The number of rotatable bonds is 4. The third-order valence-corrected chi connectivity index (χ3v) is 6.59. The minimum Gasteiger partial charge on any atom is -0.271 e. The number of thiophene rings is 1. The molecule has 0 bridgehead atoms. The van der Waals surface area contributed by atoms with Gasteiger partial charge in [0, 0.05) is 9.35 Å². The summed E-state index contributed by atoms with van der Waals surface area (Å²) in [6, 6.07) is 8.82. The van der Waals surface area contributed by atoms with E-state index in [0.29, 0.717) is 0 Å². The van der Waals surface area contributed by atoms with Gasteiger partial charge in [0.25, 0.3) is 0 Å². The highest BCUT2D eigenvalue weighted by atomic mass is 79.9. The molecule has 1 aromatic heterocycles. The molecule has 19 heavy (non-hydrogen) atoms. The summed E-state index contributed by atoms with van der Waals surface area (Å²) in [6.45, 7) is 4.27. The number of hydrogen-bond acceptors (Lipinski definition) is 3. The first-order valence-electron chi connectivity index (χ1n) is 5.98. The van der Waals surface area contributed by atoms with Crippen LogP contribution in [-0.4, -0.2) is 0 Å². The highest BCUT2D eigenvalue weighted by Crippen LogP contribution is 2.36. The first-order chi connectivity index (χ1) is 9.01. The molecule has 0 radical (unpaired) electrons. The second kappa shape index (κ2) is 6.50. The molecule has 0 fully saturated rings. The van der Waals surface area contributed by atoms with Crippen molar-refractivity contribution < 1.29 is 0 Å². The molecule has 1 atom stereocenters. The minimum atomic E-state index is 0.134. The molecule has 0 aliphatic heterocycles. The maximum atomic E-state index is 5.71. The Bertz CT molecular complexity index is 561. The molecule has 0 saturated heterocycles. The number of nitrogens with one attached hydrogen (secondary N) is 1. The van der Waals surface area contributed by atoms with Gasteiger partial charge in [-0.3, -0.25) is 11.3 Å². The molecule has 3 N–H and O–H groups in total. The molecule has 1 heterocycles. The van der Waals surface area contributed by atoms with Crippen LogP contribution in [0.15, 0.2) is 32.5 Å². The van der Waals surface area contributed by atoms with Crippen LogP contribution in [0.4, 0.5) is 0 Å². The van der Waals surface area contributed by atoms with Crippen molar-refractivity contribution in [3.63, 3.8) is 0 Å². The fourth-order valence-electron chi connectivity index (χ4n) is 1.94. The summed E-state index contributed by atoms with van der Waals surface area (Å²) in [5.74, 6) is 5.71. The fourth-order valence-corrected chi connectivity index (χ4v) is 4.09. The van der Waals surface area contributed by atoms with Crippen LogP contribution in [0.5, 0.6) is 0 Å². The summed E-state index contributed by atoms with van der Waals surface area (Å²) in [7, 11) is 0. The van der Waals surface area contributed by atoms with Crippen LogP contribution in [0.2, 0.25) is 0 Å². The fraction of sp³-hybridized carbons (Fsp3) is 0.286. The van der Waals surface area contributed by atoms with E-state index in [-0.39, 0.29) is 6.04 Å². The van der Waals surface area contributed by atoms with Crippen LogP contribution in [0, 0.1) is 13.8 Å². The molecule has 1 aromatic carbocycles. The molecule has 2 rings (SSSR count). The van der Waals surface area contributed by atoms with Crippen LogP contribution in [0.3, 0.4) is 0 Å². The smallest absolute Gasteiger partial charge is 0.0843 e. The van der Waals surface area contributed by atoms with Gasteiger partial charge in [-0.15, -0.1) is 11.3 Å². The third-order valence-electron chi connectivity index (χ3n) is 3.22. The number of aryl methyl sites for hydroxylation is 2. The summed E-state index contributed by atoms with van der Waals surface area (Å²) in [4.78, 5) is 1.22. The summed E-state index contributed by atoms with van der Waals surface area (Å²) in [6.07, 6.45) is 0.886. The lowest BCUT2D eigenvalue weighted by atomic mass is 10.0. The quantitative estimate of drug-likeness (QED) is 0.576. The molecule has 2 aromatic rings. The third kappa shape index (κ3) is 3.67. The van der Waals surface area contributed by atoms with Crippen molar-refractivity contribution in [3.8, 4) is 0 Å². The average molecular weight is 404 g/mol. The second-order valence-electron chi connectivity index (χ2n) is 4.61. The van der Waals surface area contributed by atoms with Gasteiger partial charge in [0.2, 0.25) is 0 Å². The molecule has 0 aliphatic rings. The van der Waals surface area contributed by atoms with Gasteiger partial charge in [0.05, 0.1) is 9.83 Å². The molecule has 0 aliphatic carbocycles. The van der Waals surface area contributed by atoms with Crippen LogP contribution in [0.1, 0.15) is 27.6 Å². The average Bonchev–Trinajstić information content (AvgIpc) is 2.71. The van der Waals surface area contributed by atoms with Crippen molar-refractivity contribution in [1.82, 2.24) is 5.43 Å². The lowest BCUT2D eigenvalue weighted by molar-refractivity contribution is 0.560. The molecule has 0 amide bonds. The molecule has 0 saturated carbocycles. The van der Waals surface area contributed by atoms with Gasteiger partial charge in [-0.1, -0.05) is 18.2 Å². The Kier molecular flexibility index (Phi) is 5.20. The van der Waals surface area contributed by atoms with E-state index < -0.39 is 0 Å². The molecule has 2 nitrogen and oxygen atoms in total. The van der Waals surface area contributed by atoms with E-state index in [1.807, 2.05) is 0 Å². The molecule has 1 unspecified atom stereocenters. The Hall–Kier alpha value is -0.200. The summed E-state index contributed by atoms with van der Waals surface area (Å²) < 4.78 is 2.18. The Balaban J connectivity index is 2.21. The normalized spacial score (nSPS) is 12.7. The Morgan fingerprint density at radius 1 is 1.21 bits per heavy atom. The van der Waals surface area contributed by atoms with Crippen molar-refractivity contribution in [2.45, 2.75) is 26.3 Å². The second-order valence-corrected chi connectivity index (χ2v) is 7.87. The van der Waals surface area contributed by atoms with Gasteiger partial charge >= 0.3 is 0 Å².